The topological polar surface area (TPSA) is 26.0 Å². The first-order chi connectivity index (χ1) is 9.34. The lowest BCUT2D eigenvalue weighted by Crippen LogP contribution is -2.13. The number of alkyl halides is 3. The second-order valence-corrected chi connectivity index (χ2v) is 5.48. The maximum absolute atomic E-state index is 12.9. The van der Waals surface area contributed by atoms with E-state index in [4.69, 9.17) is 5.73 Å². The summed E-state index contributed by atoms with van der Waals surface area (Å²) in [6.07, 6.45) is -0.467. The molecule has 0 heterocycles. The smallest absolute Gasteiger partial charge is 0.398 e. The molecule has 1 nitrogen and oxygen atoms in total. The van der Waals surface area contributed by atoms with Crippen LogP contribution in [0.5, 0.6) is 0 Å². The molecule has 0 saturated heterocycles. The molecule has 2 N–H and O–H groups in total. The van der Waals surface area contributed by atoms with Crippen LogP contribution in [0.1, 0.15) is 62.1 Å². The molecule has 2 rings (SSSR count). The van der Waals surface area contributed by atoms with Crippen LogP contribution in [0.15, 0.2) is 23.8 Å². The van der Waals surface area contributed by atoms with E-state index in [1.54, 1.807) is 0 Å². The van der Waals surface area contributed by atoms with Crippen molar-refractivity contribution in [3.8, 4) is 0 Å². The third-order valence-corrected chi connectivity index (χ3v) is 4.15. The molecule has 0 radical (unpaired) electrons. The van der Waals surface area contributed by atoms with E-state index in [0.717, 1.165) is 37.3 Å². The van der Waals surface area contributed by atoms with Gasteiger partial charge in [-0.25, -0.2) is 0 Å². The van der Waals surface area contributed by atoms with Crippen molar-refractivity contribution in [2.75, 3.05) is 0 Å². The summed E-state index contributed by atoms with van der Waals surface area (Å²) < 4.78 is 38.6. The van der Waals surface area contributed by atoms with Gasteiger partial charge in [0.25, 0.3) is 0 Å². The zero-order valence-corrected chi connectivity index (χ0v) is 11.8. The minimum atomic E-state index is -4.31. The summed E-state index contributed by atoms with van der Waals surface area (Å²) in [5, 5.41) is 0. The van der Waals surface area contributed by atoms with Crippen LogP contribution < -0.4 is 5.73 Å². The predicted molar refractivity (Wildman–Crippen MR) is 75.1 cm³/mol. The van der Waals surface area contributed by atoms with E-state index in [1.165, 1.54) is 17.7 Å². The third-order valence-electron chi connectivity index (χ3n) is 4.15. The standard InChI is InChI=1S/C16H20F3N/c1-3-10(2)14-9-12(16(17,18)19)7-8-13(14)15(20)11-5-4-6-11/h7-10H,3-6,20H2,1-2H3. The number of allylic oxidation sites excluding steroid dienone is 1. The Morgan fingerprint density at radius 2 is 1.95 bits per heavy atom. The molecular formula is C16H20F3N. The highest BCUT2D eigenvalue weighted by molar-refractivity contribution is 5.70. The van der Waals surface area contributed by atoms with Gasteiger partial charge in [-0.2, -0.15) is 13.2 Å². The minimum absolute atomic E-state index is 0.0616. The van der Waals surface area contributed by atoms with Crippen LogP contribution in [-0.4, -0.2) is 0 Å². The van der Waals surface area contributed by atoms with E-state index in [1.807, 2.05) is 13.8 Å². The largest absolute Gasteiger partial charge is 0.416 e. The average Bonchev–Trinajstić information content (AvgIpc) is 2.33. The number of rotatable bonds is 3. The highest BCUT2D eigenvalue weighted by Crippen LogP contribution is 2.37. The summed E-state index contributed by atoms with van der Waals surface area (Å²) in [6.45, 7) is 3.92. The lowest BCUT2D eigenvalue weighted by molar-refractivity contribution is -0.137. The van der Waals surface area contributed by atoms with Crippen LogP contribution in [0.2, 0.25) is 0 Å². The maximum atomic E-state index is 12.9. The number of hydrogen-bond donors (Lipinski definition) is 1. The van der Waals surface area contributed by atoms with Crippen LogP contribution >= 0.6 is 0 Å². The Morgan fingerprint density at radius 1 is 1.30 bits per heavy atom. The Balaban J connectivity index is 2.51. The van der Waals surface area contributed by atoms with Gasteiger partial charge in [0.1, 0.15) is 0 Å². The maximum Gasteiger partial charge on any atom is 0.416 e. The second-order valence-electron chi connectivity index (χ2n) is 5.48. The lowest BCUT2D eigenvalue weighted by Gasteiger charge is -2.23. The summed E-state index contributed by atoms with van der Waals surface area (Å²) in [4.78, 5) is 0. The van der Waals surface area contributed by atoms with Crippen molar-refractivity contribution in [1.82, 2.24) is 0 Å². The zero-order valence-electron chi connectivity index (χ0n) is 11.8. The van der Waals surface area contributed by atoms with Crippen molar-refractivity contribution in [2.24, 2.45) is 5.73 Å². The first-order valence-corrected chi connectivity index (χ1v) is 7.03. The summed E-state index contributed by atoms with van der Waals surface area (Å²) in [5.41, 5.74) is 8.90. The molecule has 0 bridgehead atoms. The number of benzene rings is 1. The van der Waals surface area contributed by atoms with Gasteiger partial charge < -0.3 is 5.73 Å². The number of nitrogens with two attached hydrogens (primary N) is 1. The van der Waals surface area contributed by atoms with Crippen molar-refractivity contribution < 1.29 is 13.2 Å². The van der Waals surface area contributed by atoms with E-state index < -0.39 is 11.7 Å². The van der Waals surface area contributed by atoms with E-state index in [9.17, 15) is 13.2 Å². The zero-order chi connectivity index (χ0) is 14.9. The molecule has 0 aliphatic heterocycles. The van der Waals surface area contributed by atoms with Gasteiger partial charge in [0.05, 0.1) is 5.56 Å². The van der Waals surface area contributed by atoms with Crippen molar-refractivity contribution in [1.29, 1.82) is 0 Å². The van der Waals surface area contributed by atoms with Crippen LogP contribution in [0.4, 0.5) is 13.2 Å². The highest BCUT2D eigenvalue weighted by atomic mass is 19.4. The van der Waals surface area contributed by atoms with Gasteiger partial charge in [-0.15, -0.1) is 0 Å². The summed E-state index contributed by atoms with van der Waals surface area (Å²) in [5.74, 6) is 0.0616. The fourth-order valence-corrected chi connectivity index (χ4v) is 2.43. The Bertz CT molecular complexity index is 523. The van der Waals surface area contributed by atoms with E-state index in [2.05, 4.69) is 0 Å². The van der Waals surface area contributed by atoms with Crippen LogP contribution in [0.25, 0.3) is 5.70 Å². The van der Waals surface area contributed by atoms with Gasteiger partial charge >= 0.3 is 6.18 Å². The van der Waals surface area contributed by atoms with Gasteiger partial charge in [-0.05, 0) is 54.9 Å². The molecule has 1 aliphatic rings. The Kier molecular flexibility index (Phi) is 4.11. The summed E-state index contributed by atoms with van der Waals surface area (Å²) in [7, 11) is 0. The molecule has 1 atom stereocenters. The lowest BCUT2D eigenvalue weighted by atomic mass is 9.84. The van der Waals surface area contributed by atoms with Gasteiger partial charge in [-0.1, -0.05) is 19.9 Å². The molecule has 1 saturated carbocycles. The molecule has 1 fully saturated rings. The molecule has 1 aromatic rings. The van der Waals surface area contributed by atoms with Crippen molar-refractivity contribution in [2.45, 2.75) is 51.6 Å². The summed E-state index contributed by atoms with van der Waals surface area (Å²) in [6, 6.07) is 3.92. The molecular weight excluding hydrogens is 263 g/mol. The molecule has 4 heteroatoms. The minimum Gasteiger partial charge on any atom is -0.398 e. The Morgan fingerprint density at radius 3 is 2.40 bits per heavy atom. The van der Waals surface area contributed by atoms with Crippen molar-refractivity contribution in [3.05, 3.63) is 40.5 Å². The number of halogens is 3. The molecule has 0 aromatic heterocycles. The van der Waals surface area contributed by atoms with Gasteiger partial charge in [0.15, 0.2) is 0 Å². The van der Waals surface area contributed by atoms with Gasteiger partial charge in [0.2, 0.25) is 0 Å². The molecule has 20 heavy (non-hydrogen) atoms. The first kappa shape index (κ1) is 14.9. The molecule has 1 aromatic carbocycles. The highest BCUT2D eigenvalue weighted by Gasteiger charge is 2.31. The predicted octanol–water partition coefficient (Wildman–Crippen LogP) is 5.07. The summed E-state index contributed by atoms with van der Waals surface area (Å²) >= 11 is 0. The van der Waals surface area contributed by atoms with Gasteiger partial charge in [0, 0.05) is 11.3 Å². The third kappa shape index (κ3) is 2.84. The van der Waals surface area contributed by atoms with Crippen LogP contribution in [0, 0.1) is 0 Å². The van der Waals surface area contributed by atoms with Crippen molar-refractivity contribution in [3.63, 3.8) is 0 Å². The normalized spacial score (nSPS) is 16.8. The molecule has 1 aliphatic carbocycles. The monoisotopic (exact) mass is 283 g/mol. The van der Waals surface area contributed by atoms with Crippen LogP contribution in [-0.2, 0) is 6.18 Å². The Labute approximate surface area is 117 Å². The van der Waals surface area contributed by atoms with Crippen molar-refractivity contribution >= 4 is 5.70 Å². The first-order valence-electron chi connectivity index (χ1n) is 7.03. The molecule has 1 unspecified atom stereocenters. The van der Waals surface area contributed by atoms with E-state index >= 15 is 0 Å². The van der Waals surface area contributed by atoms with Gasteiger partial charge in [-0.3, -0.25) is 0 Å². The fourth-order valence-electron chi connectivity index (χ4n) is 2.43. The van der Waals surface area contributed by atoms with E-state index in [-0.39, 0.29) is 5.92 Å². The average molecular weight is 283 g/mol. The molecule has 0 spiro atoms. The quantitative estimate of drug-likeness (QED) is 0.823. The Hall–Kier alpha value is -1.45. The SMILES string of the molecule is CCC(C)c1cc(C(F)(F)F)ccc1C(N)=C1CCC1. The van der Waals surface area contributed by atoms with E-state index in [0.29, 0.717) is 11.3 Å². The number of hydrogen-bond acceptors (Lipinski definition) is 1. The molecule has 110 valence electrons. The second kappa shape index (κ2) is 5.51. The molecule has 0 amide bonds. The van der Waals surface area contributed by atoms with Crippen LogP contribution in [0.3, 0.4) is 0 Å². The fraction of sp³-hybridized carbons (Fsp3) is 0.500.